The molecule has 0 fully saturated rings. The second-order valence-corrected chi connectivity index (χ2v) is 7.49. The van der Waals surface area contributed by atoms with Crippen molar-refractivity contribution in [2.24, 2.45) is 0 Å². The number of nitrogens with one attached hydrogen (secondary N) is 1. The Morgan fingerprint density at radius 3 is 2.59 bits per heavy atom. The van der Waals surface area contributed by atoms with Crippen molar-refractivity contribution < 1.29 is 9.53 Å². The minimum absolute atomic E-state index is 0.0737. The maximum atomic E-state index is 12.3. The van der Waals surface area contributed by atoms with Crippen LogP contribution in [0.4, 0.5) is 0 Å². The van der Waals surface area contributed by atoms with E-state index in [1.54, 1.807) is 0 Å². The number of hydrogen-bond donors (Lipinski definition) is 1. The van der Waals surface area contributed by atoms with E-state index in [1.807, 2.05) is 72.8 Å². The molecule has 32 heavy (non-hydrogen) atoms. The zero-order valence-electron chi connectivity index (χ0n) is 18.0. The lowest BCUT2D eigenvalue weighted by Gasteiger charge is -2.13. The topological polar surface area (TPSA) is 56.1 Å². The van der Waals surface area contributed by atoms with Crippen LogP contribution < -0.4 is 10.1 Å². The lowest BCUT2D eigenvalue weighted by atomic mass is 10.1. The number of ether oxygens (including phenoxy) is 1. The molecule has 0 aliphatic carbocycles. The lowest BCUT2D eigenvalue weighted by Crippen LogP contribution is -2.26. The molecule has 5 heteroatoms. The molecule has 1 N–H and O–H groups in total. The van der Waals surface area contributed by atoms with Crippen LogP contribution in [0.15, 0.2) is 91.5 Å². The fourth-order valence-electron chi connectivity index (χ4n) is 3.76. The van der Waals surface area contributed by atoms with Crippen LogP contribution in [0.5, 0.6) is 5.75 Å². The van der Waals surface area contributed by atoms with Gasteiger partial charge in [-0.15, -0.1) is 6.58 Å². The summed E-state index contributed by atoms with van der Waals surface area (Å²) in [7, 11) is 0. The van der Waals surface area contributed by atoms with Gasteiger partial charge >= 0.3 is 0 Å². The van der Waals surface area contributed by atoms with Crippen molar-refractivity contribution in [1.82, 2.24) is 14.9 Å². The molecular weight excluding hydrogens is 398 g/mol. The second kappa shape index (κ2) is 10.4. The number of rotatable bonds is 10. The van der Waals surface area contributed by atoms with E-state index in [2.05, 4.69) is 28.6 Å². The third-order valence-corrected chi connectivity index (χ3v) is 5.31. The number of carbonyl (C=O) groups is 1. The van der Waals surface area contributed by atoms with E-state index < -0.39 is 0 Å². The third kappa shape index (κ3) is 5.06. The molecule has 5 nitrogen and oxygen atoms in total. The minimum atomic E-state index is -0.0737. The van der Waals surface area contributed by atoms with Crippen molar-refractivity contribution in [3.05, 3.63) is 108 Å². The second-order valence-electron chi connectivity index (χ2n) is 7.49. The van der Waals surface area contributed by atoms with Gasteiger partial charge < -0.3 is 14.6 Å². The molecule has 1 aromatic heterocycles. The molecular formula is C27H27N3O2. The van der Waals surface area contributed by atoms with E-state index >= 15 is 0 Å². The maximum Gasteiger partial charge on any atom is 0.251 e. The zero-order valence-corrected chi connectivity index (χ0v) is 18.0. The first-order valence-corrected chi connectivity index (χ1v) is 10.9. The SMILES string of the molecule is C=CCc1ccccc1OCCn1c(CCNC(=O)c2ccccc2)nc2ccccc21. The Labute approximate surface area is 188 Å². The summed E-state index contributed by atoms with van der Waals surface area (Å²) in [5.41, 5.74) is 3.80. The number of amides is 1. The summed E-state index contributed by atoms with van der Waals surface area (Å²) in [5, 5.41) is 2.99. The molecule has 0 atom stereocenters. The fourth-order valence-corrected chi connectivity index (χ4v) is 3.76. The summed E-state index contributed by atoms with van der Waals surface area (Å²) in [5.74, 6) is 1.74. The standard InChI is InChI=1S/C27H27N3O2/c1-2-10-21-11-6-9-16-25(21)32-20-19-30-24-15-8-7-14-23(24)29-26(30)17-18-28-27(31)22-12-4-3-5-13-22/h2-9,11-16H,1,10,17-20H2,(H,28,31). The molecule has 3 aromatic carbocycles. The quantitative estimate of drug-likeness (QED) is 0.371. The van der Waals surface area contributed by atoms with Crippen LogP contribution in [0.2, 0.25) is 0 Å². The van der Waals surface area contributed by atoms with Gasteiger partial charge in [-0.3, -0.25) is 4.79 Å². The molecule has 4 rings (SSSR count). The summed E-state index contributed by atoms with van der Waals surface area (Å²) >= 11 is 0. The Morgan fingerprint density at radius 2 is 1.75 bits per heavy atom. The van der Waals surface area contributed by atoms with Crippen molar-refractivity contribution in [3.63, 3.8) is 0 Å². The van der Waals surface area contributed by atoms with E-state index in [0.29, 0.717) is 31.7 Å². The maximum absolute atomic E-state index is 12.3. The van der Waals surface area contributed by atoms with Crippen LogP contribution >= 0.6 is 0 Å². The zero-order chi connectivity index (χ0) is 22.2. The van der Waals surface area contributed by atoms with E-state index in [9.17, 15) is 4.79 Å². The number of nitrogens with zero attached hydrogens (tertiary/aromatic N) is 2. The molecule has 0 unspecified atom stereocenters. The van der Waals surface area contributed by atoms with Gasteiger partial charge in [0.25, 0.3) is 5.91 Å². The van der Waals surface area contributed by atoms with Gasteiger partial charge in [-0.05, 0) is 42.3 Å². The molecule has 0 saturated heterocycles. The van der Waals surface area contributed by atoms with Crippen molar-refractivity contribution in [2.45, 2.75) is 19.4 Å². The highest BCUT2D eigenvalue weighted by atomic mass is 16.5. The molecule has 0 saturated carbocycles. The number of hydrogen-bond acceptors (Lipinski definition) is 3. The third-order valence-electron chi connectivity index (χ3n) is 5.31. The van der Waals surface area contributed by atoms with Gasteiger partial charge in [0.15, 0.2) is 0 Å². The highest BCUT2D eigenvalue weighted by Crippen LogP contribution is 2.20. The van der Waals surface area contributed by atoms with E-state index in [0.717, 1.165) is 34.6 Å². The summed E-state index contributed by atoms with van der Waals surface area (Å²) < 4.78 is 8.28. The Kier molecular flexibility index (Phi) is 6.98. The normalized spacial score (nSPS) is 10.8. The molecule has 0 aliphatic heterocycles. The molecule has 0 radical (unpaired) electrons. The molecule has 1 heterocycles. The van der Waals surface area contributed by atoms with E-state index in [1.165, 1.54) is 0 Å². The Morgan fingerprint density at radius 1 is 1.00 bits per heavy atom. The number of carbonyl (C=O) groups excluding carboxylic acids is 1. The number of aromatic nitrogens is 2. The highest BCUT2D eigenvalue weighted by Gasteiger charge is 2.12. The van der Waals surface area contributed by atoms with Gasteiger partial charge in [0.2, 0.25) is 0 Å². The van der Waals surface area contributed by atoms with Crippen LogP contribution in [0.25, 0.3) is 11.0 Å². The summed E-state index contributed by atoms with van der Waals surface area (Å²) in [6.07, 6.45) is 3.30. The molecule has 1 amide bonds. The van der Waals surface area contributed by atoms with E-state index in [-0.39, 0.29) is 5.91 Å². The number of allylic oxidation sites excluding steroid dienone is 1. The van der Waals surface area contributed by atoms with Crippen molar-refractivity contribution in [1.29, 1.82) is 0 Å². The van der Waals surface area contributed by atoms with Crippen LogP contribution in [0.3, 0.4) is 0 Å². The first-order valence-electron chi connectivity index (χ1n) is 10.9. The number of para-hydroxylation sites is 3. The highest BCUT2D eigenvalue weighted by molar-refractivity contribution is 5.94. The van der Waals surface area contributed by atoms with Crippen LogP contribution in [-0.2, 0) is 19.4 Å². The smallest absolute Gasteiger partial charge is 0.251 e. The van der Waals surface area contributed by atoms with Gasteiger partial charge in [-0.1, -0.05) is 54.6 Å². The van der Waals surface area contributed by atoms with Crippen LogP contribution in [0, 0.1) is 0 Å². The first kappa shape index (κ1) is 21.4. The summed E-state index contributed by atoms with van der Waals surface area (Å²) in [6.45, 7) is 5.54. The molecule has 4 aromatic rings. The lowest BCUT2D eigenvalue weighted by molar-refractivity contribution is 0.0954. The predicted molar refractivity (Wildman–Crippen MR) is 128 cm³/mol. The first-order chi connectivity index (χ1) is 15.8. The van der Waals surface area contributed by atoms with Gasteiger partial charge in [-0.2, -0.15) is 0 Å². The van der Waals surface area contributed by atoms with E-state index in [4.69, 9.17) is 9.72 Å². The average Bonchev–Trinajstić information content (AvgIpc) is 3.18. The Bertz CT molecular complexity index is 1200. The van der Waals surface area contributed by atoms with Crippen molar-refractivity contribution in [3.8, 4) is 5.75 Å². The van der Waals surface area contributed by atoms with Gasteiger partial charge in [0, 0.05) is 18.5 Å². The van der Waals surface area contributed by atoms with Crippen LogP contribution in [-0.4, -0.2) is 28.6 Å². The predicted octanol–water partition coefficient (Wildman–Crippen LogP) is 4.82. The number of fused-ring (bicyclic) bond motifs is 1. The molecule has 162 valence electrons. The number of imidazole rings is 1. The van der Waals surface area contributed by atoms with Crippen molar-refractivity contribution >= 4 is 16.9 Å². The van der Waals surface area contributed by atoms with Crippen LogP contribution in [0.1, 0.15) is 21.7 Å². The Hall–Kier alpha value is -3.86. The summed E-state index contributed by atoms with van der Waals surface area (Å²) in [4.78, 5) is 17.1. The fraction of sp³-hybridized carbons (Fsp3) is 0.185. The summed E-state index contributed by atoms with van der Waals surface area (Å²) in [6, 6.07) is 25.4. The van der Waals surface area contributed by atoms with Gasteiger partial charge in [-0.25, -0.2) is 4.98 Å². The Balaban J connectivity index is 1.43. The largest absolute Gasteiger partial charge is 0.491 e. The van der Waals surface area contributed by atoms with Gasteiger partial charge in [0.05, 0.1) is 17.6 Å². The number of benzene rings is 3. The monoisotopic (exact) mass is 425 g/mol. The molecule has 0 spiro atoms. The molecule has 0 bridgehead atoms. The average molecular weight is 426 g/mol. The van der Waals surface area contributed by atoms with Crippen molar-refractivity contribution in [2.75, 3.05) is 13.2 Å². The van der Waals surface area contributed by atoms with Gasteiger partial charge in [0.1, 0.15) is 18.2 Å². The minimum Gasteiger partial charge on any atom is -0.491 e. The molecule has 0 aliphatic rings.